The molecule has 5 nitrogen and oxygen atoms in total. The molecular formula is C20H30BrN3O2. The fourth-order valence-corrected chi connectivity index (χ4v) is 4.68. The lowest BCUT2D eigenvalue weighted by molar-refractivity contribution is 0.0600. The molecule has 2 aliphatic rings. The molecule has 1 N–H and O–H groups in total. The van der Waals surface area contributed by atoms with Crippen molar-refractivity contribution in [1.29, 1.82) is 0 Å². The van der Waals surface area contributed by atoms with Crippen LogP contribution in [0.2, 0.25) is 0 Å². The minimum absolute atomic E-state index is 0.109. The summed E-state index contributed by atoms with van der Waals surface area (Å²) in [5, 5.41) is 3.93. The van der Waals surface area contributed by atoms with Gasteiger partial charge in [0.15, 0.2) is 0 Å². The maximum Gasteiger partial charge on any atom is 0.341 e. The third-order valence-electron chi connectivity index (χ3n) is 5.81. The number of rotatable bonds is 4. The molecule has 2 fully saturated rings. The Bertz CT molecular complexity index is 644. The van der Waals surface area contributed by atoms with Crippen LogP contribution in [-0.2, 0) is 4.74 Å². The predicted octanol–water partition coefficient (Wildman–Crippen LogP) is 4.16. The van der Waals surface area contributed by atoms with E-state index in [1.807, 2.05) is 0 Å². The van der Waals surface area contributed by atoms with Gasteiger partial charge in [0.25, 0.3) is 0 Å². The highest BCUT2D eigenvalue weighted by atomic mass is 79.9. The summed E-state index contributed by atoms with van der Waals surface area (Å²) in [6.07, 6.45) is 9.49. The van der Waals surface area contributed by atoms with E-state index in [1.54, 1.807) is 12.3 Å². The Kier molecular flexibility index (Phi) is 6.23. The number of pyridine rings is 1. The molecule has 0 radical (unpaired) electrons. The summed E-state index contributed by atoms with van der Waals surface area (Å²) in [5.41, 5.74) is 0.633. The normalized spacial score (nSPS) is 23.7. The molecule has 6 heteroatoms. The molecule has 0 spiro atoms. The minimum atomic E-state index is -0.339. The molecule has 3 rings (SSSR count). The van der Waals surface area contributed by atoms with Crippen LogP contribution in [0.1, 0.15) is 62.7 Å². The number of anilines is 1. The number of aromatic nitrogens is 1. The van der Waals surface area contributed by atoms with E-state index in [4.69, 9.17) is 4.74 Å². The largest absolute Gasteiger partial charge is 0.465 e. The van der Waals surface area contributed by atoms with Gasteiger partial charge >= 0.3 is 5.97 Å². The SMILES string of the molecule is COC(=O)c1cc(Br)cnc1N1CCC(NC2CCCCC2)C(C)(C)C1. The highest BCUT2D eigenvalue weighted by Crippen LogP contribution is 2.34. The van der Waals surface area contributed by atoms with Gasteiger partial charge in [0.2, 0.25) is 0 Å². The second-order valence-corrected chi connectivity index (χ2v) is 9.18. The Morgan fingerprint density at radius 3 is 2.69 bits per heavy atom. The number of ether oxygens (including phenoxy) is 1. The lowest BCUT2D eigenvalue weighted by Crippen LogP contribution is -2.57. The number of nitrogens with zero attached hydrogens (tertiary/aromatic N) is 2. The molecule has 1 unspecified atom stereocenters. The van der Waals surface area contributed by atoms with Gasteiger partial charge in [0.05, 0.1) is 7.11 Å². The van der Waals surface area contributed by atoms with Crippen molar-refractivity contribution < 1.29 is 9.53 Å². The lowest BCUT2D eigenvalue weighted by Gasteiger charge is -2.47. The summed E-state index contributed by atoms with van der Waals surface area (Å²) in [5.74, 6) is 0.387. The van der Waals surface area contributed by atoms with Gasteiger partial charge < -0.3 is 15.0 Å². The maximum atomic E-state index is 12.2. The van der Waals surface area contributed by atoms with Crippen molar-refractivity contribution in [1.82, 2.24) is 10.3 Å². The van der Waals surface area contributed by atoms with Gasteiger partial charge in [-0.15, -0.1) is 0 Å². The fourth-order valence-electron chi connectivity index (χ4n) is 4.34. The summed E-state index contributed by atoms with van der Waals surface area (Å²) < 4.78 is 5.74. The van der Waals surface area contributed by atoms with Gasteiger partial charge in [-0.3, -0.25) is 0 Å². The van der Waals surface area contributed by atoms with Gasteiger partial charge in [-0.1, -0.05) is 33.1 Å². The molecule has 1 atom stereocenters. The zero-order chi connectivity index (χ0) is 18.7. The fraction of sp³-hybridized carbons (Fsp3) is 0.700. The first-order valence-corrected chi connectivity index (χ1v) is 10.4. The molecule has 2 heterocycles. The molecule has 1 saturated heterocycles. The smallest absolute Gasteiger partial charge is 0.341 e. The number of esters is 1. The second kappa shape index (κ2) is 8.26. The number of piperidine rings is 1. The number of carbonyl (C=O) groups excluding carboxylic acids is 1. The van der Waals surface area contributed by atoms with E-state index in [9.17, 15) is 4.79 Å². The van der Waals surface area contributed by atoms with E-state index in [0.29, 0.717) is 17.6 Å². The molecule has 0 aromatic carbocycles. The Morgan fingerprint density at radius 1 is 1.31 bits per heavy atom. The Hall–Kier alpha value is -1.14. The molecule has 0 bridgehead atoms. The average Bonchev–Trinajstić information content (AvgIpc) is 2.63. The Labute approximate surface area is 165 Å². The first kappa shape index (κ1) is 19.6. The van der Waals surface area contributed by atoms with Crippen LogP contribution in [-0.4, -0.2) is 43.2 Å². The number of halogens is 1. The Balaban J connectivity index is 1.74. The van der Waals surface area contributed by atoms with Crippen LogP contribution in [0, 0.1) is 5.41 Å². The molecule has 1 aliphatic carbocycles. The van der Waals surface area contributed by atoms with Crippen molar-refractivity contribution in [2.75, 3.05) is 25.1 Å². The number of hydrogen-bond donors (Lipinski definition) is 1. The summed E-state index contributed by atoms with van der Waals surface area (Å²) in [6, 6.07) is 2.96. The maximum absolute atomic E-state index is 12.2. The van der Waals surface area contributed by atoms with E-state index in [0.717, 1.165) is 29.8 Å². The standard InChI is InChI=1S/C20H30BrN3O2/c1-20(2)13-24(10-9-17(20)23-15-7-5-4-6-8-15)18-16(19(25)26-3)11-14(21)12-22-18/h11-12,15,17,23H,4-10,13H2,1-3H3. The van der Waals surface area contributed by atoms with E-state index >= 15 is 0 Å². The van der Waals surface area contributed by atoms with Gasteiger partial charge in [-0.25, -0.2) is 9.78 Å². The second-order valence-electron chi connectivity index (χ2n) is 8.27. The van der Waals surface area contributed by atoms with Crippen LogP contribution in [0.15, 0.2) is 16.7 Å². The third kappa shape index (κ3) is 4.39. The highest BCUT2D eigenvalue weighted by molar-refractivity contribution is 9.10. The van der Waals surface area contributed by atoms with Crippen LogP contribution in [0.3, 0.4) is 0 Å². The van der Waals surface area contributed by atoms with Crippen molar-refractivity contribution in [2.45, 2.75) is 64.5 Å². The van der Waals surface area contributed by atoms with E-state index < -0.39 is 0 Å². The van der Waals surface area contributed by atoms with Gasteiger partial charge in [0, 0.05) is 35.8 Å². The summed E-state index contributed by atoms with van der Waals surface area (Å²) in [7, 11) is 1.41. The zero-order valence-corrected chi connectivity index (χ0v) is 17.6. The first-order chi connectivity index (χ1) is 12.4. The van der Waals surface area contributed by atoms with Crippen molar-refractivity contribution in [3.8, 4) is 0 Å². The third-order valence-corrected chi connectivity index (χ3v) is 6.24. The summed E-state index contributed by atoms with van der Waals surface area (Å²) in [4.78, 5) is 19.0. The van der Waals surface area contributed by atoms with Crippen molar-refractivity contribution in [2.24, 2.45) is 5.41 Å². The Morgan fingerprint density at radius 2 is 2.04 bits per heavy atom. The first-order valence-electron chi connectivity index (χ1n) is 9.65. The molecule has 1 aliphatic heterocycles. The van der Waals surface area contributed by atoms with E-state index in [2.05, 4.69) is 45.0 Å². The van der Waals surface area contributed by atoms with E-state index in [-0.39, 0.29) is 11.4 Å². The van der Waals surface area contributed by atoms with Crippen LogP contribution >= 0.6 is 15.9 Å². The number of methoxy groups -OCH3 is 1. The summed E-state index contributed by atoms with van der Waals surface area (Å²) in [6.45, 7) is 6.40. The van der Waals surface area contributed by atoms with Crippen LogP contribution in [0.4, 0.5) is 5.82 Å². The predicted molar refractivity (Wildman–Crippen MR) is 108 cm³/mol. The minimum Gasteiger partial charge on any atom is -0.465 e. The number of nitrogens with one attached hydrogen (secondary N) is 1. The lowest BCUT2D eigenvalue weighted by atomic mass is 9.78. The van der Waals surface area contributed by atoms with Crippen LogP contribution < -0.4 is 10.2 Å². The van der Waals surface area contributed by atoms with Gasteiger partial charge in [-0.05, 0) is 46.7 Å². The van der Waals surface area contributed by atoms with Crippen molar-refractivity contribution >= 4 is 27.7 Å². The molecule has 26 heavy (non-hydrogen) atoms. The van der Waals surface area contributed by atoms with E-state index in [1.165, 1.54) is 39.2 Å². The zero-order valence-electron chi connectivity index (χ0n) is 16.1. The molecular weight excluding hydrogens is 394 g/mol. The van der Waals surface area contributed by atoms with Crippen LogP contribution in [0.5, 0.6) is 0 Å². The molecule has 1 aromatic rings. The van der Waals surface area contributed by atoms with Crippen molar-refractivity contribution in [3.05, 3.63) is 22.3 Å². The monoisotopic (exact) mass is 423 g/mol. The van der Waals surface area contributed by atoms with Gasteiger partial charge in [-0.2, -0.15) is 0 Å². The number of hydrogen-bond acceptors (Lipinski definition) is 5. The van der Waals surface area contributed by atoms with Crippen LogP contribution in [0.25, 0.3) is 0 Å². The number of carbonyl (C=O) groups is 1. The molecule has 144 valence electrons. The molecule has 1 saturated carbocycles. The molecule has 1 aromatic heterocycles. The summed E-state index contributed by atoms with van der Waals surface area (Å²) >= 11 is 3.41. The molecule has 0 amide bonds. The topological polar surface area (TPSA) is 54.5 Å². The highest BCUT2D eigenvalue weighted by Gasteiger charge is 2.38. The average molecular weight is 424 g/mol. The quantitative estimate of drug-likeness (QED) is 0.736. The van der Waals surface area contributed by atoms with Crippen molar-refractivity contribution in [3.63, 3.8) is 0 Å². The van der Waals surface area contributed by atoms with Gasteiger partial charge in [0.1, 0.15) is 11.4 Å².